The first-order valence-corrected chi connectivity index (χ1v) is 5.23. The van der Waals surface area contributed by atoms with E-state index >= 15 is 0 Å². The Hall–Kier alpha value is -0.590. The maximum absolute atomic E-state index is 11.5. The number of aromatic nitrogens is 2. The van der Waals surface area contributed by atoms with Crippen LogP contribution in [-0.2, 0) is 0 Å². The highest BCUT2D eigenvalue weighted by molar-refractivity contribution is 14.1. The molecule has 0 bridgehead atoms. The van der Waals surface area contributed by atoms with E-state index in [1.54, 1.807) is 10.9 Å². The standard InChI is InChI=1S/C8H10IN3O/c1-4-5(2)12-7(8(13)11-4)6(9)3-10-12/h3-5H,1-2H3,(H,11,13)/t4-,5+/m0/s1. The summed E-state index contributed by atoms with van der Waals surface area (Å²) in [6.45, 7) is 4.04. The van der Waals surface area contributed by atoms with E-state index in [4.69, 9.17) is 0 Å². The molecule has 0 unspecified atom stereocenters. The first kappa shape index (κ1) is 8.98. The van der Waals surface area contributed by atoms with Gasteiger partial charge in [-0.25, -0.2) is 0 Å². The fraction of sp³-hybridized carbons (Fsp3) is 0.500. The number of amides is 1. The van der Waals surface area contributed by atoms with Gasteiger partial charge in [0.05, 0.1) is 15.8 Å². The summed E-state index contributed by atoms with van der Waals surface area (Å²) in [6, 6.07) is 0.381. The second kappa shape index (κ2) is 2.97. The van der Waals surface area contributed by atoms with Crippen LogP contribution < -0.4 is 5.32 Å². The first-order chi connectivity index (χ1) is 6.11. The summed E-state index contributed by atoms with van der Waals surface area (Å²) >= 11 is 2.13. The number of carbonyl (C=O) groups excluding carboxylic acids is 1. The summed E-state index contributed by atoms with van der Waals surface area (Å²) in [5.41, 5.74) is 0.686. The van der Waals surface area contributed by atoms with Crippen molar-refractivity contribution in [3.63, 3.8) is 0 Å². The number of rotatable bonds is 0. The number of hydrogen-bond donors (Lipinski definition) is 1. The number of nitrogens with one attached hydrogen (secondary N) is 1. The monoisotopic (exact) mass is 291 g/mol. The highest BCUT2D eigenvalue weighted by Gasteiger charge is 2.30. The van der Waals surface area contributed by atoms with Crippen LogP contribution in [0.3, 0.4) is 0 Å². The predicted octanol–water partition coefficient (Wildman–Crippen LogP) is 1.18. The smallest absolute Gasteiger partial charge is 0.270 e. The molecule has 0 aliphatic carbocycles. The number of nitrogens with zero attached hydrogens (tertiary/aromatic N) is 2. The zero-order valence-corrected chi connectivity index (χ0v) is 9.57. The maximum atomic E-state index is 11.5. The van der Waals surface area contributed by atoms with Gasteiger partial charge in [-0.2, -0.15) is 5.10 Å². The Labute approximate surface area is 89.8 Å². The Kier molecular flexibility index (Phi) is 2.05. The summed E-state index contributed by atoms with van der Waals surface area (Å²) in [6.07, 6.45) is 1.73. The molecule has 0 spiro atoms. The van der Waals surface area contributed by atoms with Gasteiger partial charge in [0.15, 0.2) is 0 Å². The van der Waals surface area contributed by atoms with E-state index in [2.05, 4.69) is 39.9 Å². The Morgan fingerprint density at radius 2 is 2.31 bits per heavy atom. The molecular weight excluding hydrogens is 281 g/mol. The minimum atomic E-state index is -0.0208. The molecule has 1 N–H and O–H groups in total. The third-order valence-electron chi connectivity index (χ3n) is 2.43. The molecule has 0 radical (unpaired) electrons. The van der Waals surface area contributed by atoms with Crippen molar-refractivity contribution in [2.75, 3.05) is 0 Å². The molecule has 0 saturated carbocycles. The molecule has 5 heteroatoms. The highest BCUT2D eigenvalue weighted by Crippen LogP contribution is 2.22. The summed E-state index contributed by atoms with van der Waals surface area (Å²) < 4.78 is 2.71. The fourth-order valence-corrected chi connectivity index (χ4v) is 2.09. The Morgan fingerprint density at radius 3 is 3.00 bits per heavy atom. The Morgan fingerprint density at radius 1 is 1.62 bits per heavy atom. The molecule has 13 heavy (non-hydrogen) atoms. The van der Waals surface area contributed by atoms with Gasteiger partial charge < -0.3 is 5.32 Å². The minimum absolute atomic E-state index is 0.0208. The molecule has 0 aromatic carbocycles. The van der Waals surface area contributed by atoms with Crippen LogP contribution in [0.25, 0.3) is 0 Å². The Balaban J connectivity index is 2.56. The van der Waals surface area contributed by atoms with Crippen LogP contribution in [0.15, 0.2) is 6.20 Å². The molecule has 70 valence electrons. The summed E-state index contributed by atoms with van der Waals surface area (Å²) in [5.74, 6) is -0.0208. The van der Waals surface area contributed by atoms with E-state index in [9.17, 15) is 4.79 Å². The molecule has 1 aliphatic heterocycles. The van der Waals surface area contributed by atoms with Crippen LogP contribution in [0.2, 0.25) is 0 Å². The van der Waals surface area contributed by atoms with Gasteiger partial charge in [0.2, 0.25) is 0 Å². The lowest BCUT2D eigenvalue weighted by Gasteiger charge is -2.28. The van der Waals surface area contributed by atoms with E-state index in [0.717, 1.165) is 3.57 Å². The molecule has 2 heterocycles. The molecule has 1 aromatic rings. The molecule has 2 atom stereocenters. The summed E-state index contributed by atoms with van der Waals surface area (Å²) in [7, 11) is 0. The second-order valence-electron chi connectivity index (χ2n) is 3.29. The van der Waals surface area contributed by atoms with Crippen molar-refractivity contribution >= 4 is 28.5 Å². The number of hydrogen-bond acceptors (Lipinski definition) is 2. The number of halogens is 1. The average molecular weight is 291 g/mol. The third-order valence-corrected chi connectivity index (χ3v) is 3.22. The molecule has 1 amide bonds. The van der Waals surface area contributed by atoms with Crippen molar-refractivity contribution in [3.8, 4) is 0 Å². The van der Waals surface area contributed by atoms with Crippen molar-refractivity contribution in [2.24, 2.45) is 0 Å². The maximum Gasteiger partial charge on any atom is 0.270 e. The van der Waals surface area contributed by atoms with Crippen molar-refractivity contribution in [1.29, 1.82) is 0 Å². The SMILES string of the molecule is C[C@@H]1NC(=O)c2c(I)cnn2[C@@H]1C. The van der Waals surface area contributed by atoms with Gasteiger partial charge in [0, 0.05) is 6.04 Å². The second-order valence-corrected chi connectivity index (χ2v) is 4.45. The summed E-state index contributed by atoms with van der Waals surface area (Å²) in [5, 5.41) is 7.09. The van der Waals surface area contributed by atoms with Gasteiger partial charge in [-0.05, 0) is 36.4 Å². The lowest BCUT2D eigenvalue weighted by atomic mass is 10.1. The van der Waals surface area contributed by atoms with Crippen LogP contribution in [0.4, 0.5) is 0 Å². The topological polar surface area (TPSA) is 46.9 Å². The molecule has 2 rings (SSSR count). The predicted molar refractivity (Wildman–Crippen MR) is 56.6 cm³/mol. The van der Waals surface area contributed by atoms with Crippen molar-refractivity contribution in [2.45, 2.75) is 25.9 Å². The fourth-order valence-electron chi connectivity index (χ4n) is 1.47. The van der Waals surface area contributed by atoms with Crippen molar-refractivity contribution in [1.82, 2.24) is 15.1 Å². The number of fused-ring (bicyclic) bond motifs is 1. The molecule has 1 aliphatic rings. The summed E-state index contributed by atoms with van der Waals surface area (Å²) in [4.78, 5) is 11.5. The first-order valence-electron chi connectivity index (χ1n) is 4.15. The normalized spacial score (nSPS) is 26.8. The highest BCUT2D eigenvalue weighted by atomic mass is 127. The molecule has 1 aromatic heterocycles. The lowest BCUT2D eigenvalue weighted by molar-refractivity contribution is 0.0881. The van der Waals surface area contributed by atoms with Gasteiger partial charge in [0.25, 0.3) is 5.91 Å². The Bertz CT molecular complexity index is 360. The largest absolute Gasteiger partial charge is 0.346 e. The van der Waals surface area contributed by atoms with Gasteiger partial charge in [0.1, 0.15) is 5.69 Å². The molecule has 0 saturated heterocycles. The third kappa shape index (κ3) is 1.25. The van der Waals surface area contributed by atoms with Crippen LogP contribution in [-0.4, -0.2) is 21.7 Å². The van der Waals surface area contributed by atoms with E-state index in [1.165, 1.54) is 0 Å². The number of carbonyl (C=O) groups is 1. The van der Waals surface area contributed by atoms with E-state index in [0.29, 0.717) is 5.69 Å². The van der Waals surface area contributed by atoms with Gasteiger partial charge in [-0.1, -0.05) is 0 Å². The quantitative estimate of drug-likeness (QED) is 0.730. The van der Waals surface area contributed by atoms with E-state index in [-0.39, 0.29) is 18.0 Å². The zero-order chi connectivity index (χ0) is 9.59. The minimum Gasteiger partial charge on any atom is -0.346 e. The van der Waals surface area contributed by atoms with Gasteiger partial charge >= 0.3 is 0 Å². The van der Waals surface area contributed by atoms with Crippen LogP contribution in [0.1, 0.15) is 30.4 Å². The van der Waals surface area contributed by atoms with Gasteiger partial charge in [-0.15, -0.1) is 0 Å². The van der Waals surface area contributed by atoms with Crippen LogP contribution >= 0.6 is 22.6 Å². The van der Waals surface area contributed by atoms with E-state index in [1.807, 2.05) is 6.92 Å². The lowest BCUT2D eigenvalue weighted by Crippen LogP contribution is -2.45. The van der Waals surface area contributed by atoms with Crippen molar-refractivity contribution in [3.05, 3.63) is 15.5 Å². The molecular formula is C8H10IN3O. The van der Waals surface area contributed by atoms with Crippen LogP contribution in [0.5, 0.6) is 0 Å². The van der Waals surface area contributed by atoms with Gasteiger partial charge in [-0.3, -0.25) is 9.48 Å². The average Bonchev–Trinajstić information content (AvgIpc) is 2.44. The molecule has 0 fully saturated rings. The van der Waals surface area contributed by atoms with Crippen molar-refractivity contribution < 1.29 is 4.79 Å². The molecule has 4 nitrogen and oxygen atoms in total. The zero-order valence-electron chi connectivity index (χ0n) is 7.41. The van der Waals surface area contributed by atoms with Crippen LogP contribution in [0, 0.1) is 3.57 Å². The van der Waals surface area contributed by atoms with E-state index < -0.39 is 0 Å².